The van der Waals surface area contributed by atoms with Crippen LogP contribution in [0, 0.1) is 0 Å². The van der Waals surface area contributed by atoms with Crippen LogP contribution in [0.1, 0.15) is 17.4 Å². The maximum absolute atomic E-state index is 11.9. The van der Waals surface area contributed by atoms with Crippen molar-refractivity contribution in [2.45, 2.75) is 13.0 Å². The van der Waals surface area contributed by atoms with Gasteiger partial charge in [-0.05, 0) is 31.2 Å². The van der Waals surface area contributed by atoms with Gasteiger partial charge in [-0.3, -0.25) is 4.79 Å². The van der Waals surface area contributed by atoms with Crippen LogP contribution in [-0.4, -0.2) is 30.8 Å². The summed E-state index contributed by atoms with van der Waals surface area (Å²) in [5, 5.41) is 7.17. The highest BCUT2D eigenvalue weighted by Gasteiger charge is 2.15. The van der Waals surface area contributed by atoms with Crippen molar-refractivity contribution in [3.63, 3.8) is 0 Å². The van der Waals surface area contributed by atoms with E-state index in [2.05, 4.69) is 10.5 Å². The first-order valence-electron chi connectivity index (χ1n) is 6.12. The molecule has 1 aromatic carbocycles. The van der Waals surface area contributed by atoms with E-state index in [1.165, 1.54) is 0 Å². The first kappa shape index (κ1) is 14.6. The highest BCUT2D eigenvalue weighted by Crippen LogP contribution is 2.22. The fourth-order valence-corrected chi connectivity index (χ4v) is 1.85. The molecule has 0 fully saturated rings. The van der Waals surface area contributed by atoms with Gasteiger partial charge in [0.1, 0.15) is 0 Å². The molecule has 20 heavy (non-hydrogen) atoms. The van der Waals surface area contributed by atoms with Gasteiger partial charge in [-0.25, -0.2) is 0 Å². The SMILES string of the molecule is COCC(C)NC(=O)c1cc(-c2ccc(Cl)cc2)on1. The summed E-state index contributed by atoms with van der Waals surface area (Å²) >= 11 is 5.82. The molecule has 0 aliphatic heterocycles. The predicted molar refractivity (Wildman–Crippen MR) is 75.8 cm³/mol. The van der Waals surface area contributed by atoms with E-state index in [9.17, 15) is 4.79 Å². The summed E-state index contributed by atoms with van der Waals surface area (Å²) in [6.07, 6.45) is 0. The second-order valence-corrected chi connectivity index (χ2v) is 4.85. The fourth-order valence-electron chi connectivity index (χ4n) is 1.72. The second kappa shape index (κ2) is 6.54. The number of benzene rings is 1. The monoisotopic (exact) mass is 294 g/mol. The topological polar surface area (TPSA) is 64.4 Å². The minimum absolute atomic E-state index is 0.0943. The maximum Gasteiger partial charge on any atom is 0.273 e. The molecule has 0 saturated carbocycles. The van der Waals surface area contributed by atoms with E-state index in [4.69, 9.17) is 20.9 Å². The molecule has 1 aromatic heterocycles. The molecule has 2 aromatic rings. The molecule has 0 bridgehead atoms. The van der Waals surface area contributed by atoms with Crippen LogP contribution in [0.3, 0.4) is 0 Å². The van der Waals surface area contributed by atoms with Crippen molar-refractivity contribution < 1.29 is 14.1 Å². The van der Waals surface area contributed by atoms with Gasteiger partial charge >= 0.3 is 0 Å². The summed E-state index contributed by atoms with van der Waals surface area (Å²) in [6, 6.07) is 8.61. The van der Waals surface area contributed by atoms with Gasteiger partial charge in [0.2, 0.25) is 0 Å². The van der Waals surface area contributed by atoms with Crippen molar-refractivity contribution in [2.24, 2.45) is 0 Å². The maximum atomic E-state index is 11.9. The normalized spacial score (nSPS) is 12.2. The average Bonchev–Trinajstić information content (AvgIpc) is 2.89. The number of amides is 1. The summed E-state index contributed by atoms with van der Waals surface area (Å²) in [6.45, 7) is 2.29. The molecule has 1 amide bonds. The van der Waals surface area contributed by atoms with Crippen LogP contribution in [0.2, 0.25) is 5.02 Å². The van der Waals surface area contributed by atoms with Crippen LogP contribution in [-0.2, 0) is 4.74 Å². The molecule has 6 heteroatoms. The van der Waals surface area contributed by atoms with Crippen molar-refractivity contribution in [1.82, 2.24) is 10.5 Å². The number of methoxy groups -OCH3 is 1. The Morgan fingerprint density at radius 3 is 2.80 bits per heavy atom. The fraction of sp³-hybridized carbons (Fsp3) is 0.286. The predicted octanol–water partition coefficient (Wildman–Crippen LogP) is 2.76. The van der Waals surface area contributed by atoms with Gasteiger partial charge in [0, 0.05) is 29.8 Å². The summed E-state index contributed by atoms with van der Waals surface area (Å²) < 4.78 is 10.1. The molecule has 0 radical (unpaired) electrons. The van der Waals surface area contributed by atoms with Crippen LogP contribution in [0.5, 0.6) is 0 Å². The minimum Gasteiger partial charge on any atom is -0.383 e. The zero-order valence-electron chi connectivity index (χ0n) is 11.2. The second-order valence-electron chi connectivity index (χ2n) is 4.41. The summed E-state index contributed by atoms with van der Waals surface area (Å²) in [5.74, 6) is 0.227. The molecule has 0 spiro atoms. The molecule has 0 aliphatic carbocycles. The van der Waals surface area contributed by atoms with Crippen LogP contribution >= 0.6 is 11.6 Å². The van der Waals surface area contributed by atoms with Crippen LogP contribution in [0.4, 0.5) is 0 Å². The van der Waals surface area contributed by atoms with Crippen molar-refractivity contribution in [3.8, 4) is 11.3 Å². The largest absolute Gasteiger partial charge is 0.383 e. The van der Waals surface area contributed by atoms with Crippen molar-refractivity contribution in [1.29, 1.82) is 0 Å². The van der Waals surface area contributed by atoms with Crippen LogP contribution in [0.25, 0.3) is 11.3 Å². The van der Waals surface area contributed by atoms with Gasteiger partial charge in [0.15, 0.2) is 11.5 Å². The third kappa shape index (κ3) is 3.59. The van der Waals surface area contributed by atoms with Gasteiger partial charge in [-0.15, -0.1) is 0 Å². The standard InChI is InChI=1S/C14H15ClN2O3/c1-9(8-19-2)16-14(18)12-7-13(20-17-12)10-3-5-11(15)6-4-10/h3-7,9H,8H2,1-2H3,(H,16,18). The number of aromatic nitrogens is 1. The Kier molecular flexibility index (Phi) is 4.76. The lowest BCUT2D eigenvalue weighted by atomic mass is 10.1. The molecule has 0 aliphatic rings. The van der Waals surface area contributed by atoms with Gasteiger partial charge in [-0.1, -0.05) is 16.8 Å². The Labute approximate surface area is 121 Å². The summed E-state index contributed by atoms with van der Waals surface area (Å²) in [5.41, 5.74) is 1.05. The third-order valence-corrected chi connectivity index (χ3v) is 2.92. The third-order valence-electron chi connectivity index (χ3n) is 2.67. The molecule has 0 saturated heterocycles. The van der Waals surface area contributed by atoms with E-state index in [1.54, 1.807) is 37.4 Å². The molecule has 1 atom stereocenters. The molecule has 1 heterocycles. The number of hydrogen-bond acceptors (Lipinski definition) is 4. The first-order chi connectivity index (χ1) is 9.60. The summed E-state index contributed by atoms with van der Waals surface area (Å²) in [7, 11) is 1.58. The highest BCUT2D eigenvalue weighted by atomic mass is 35.5. The van der Waals surface area contributed by atoms with Crippen molar-refractivity contribution >= 4 is 17.5 Å². The van der Waals surface area contributed by atoms with Gasteiger partial charge in [0.05, 0.1) is 6.61 Å². The van der Waals surface area contributed by atoms with Crippen LogP contribution in [0.15, 0.2) is 34.9 Å². The van der Waals surface area contributed by atoms with Gasteiger partial charge in [-0.2, -0.15) is 0 Å². The van der Waals surface area contributed by atoms with Crippen molar-refractivity contribution in [2.75, 3.05) is 13.7 Å². The molecule has 5 nitrogen and oxygen atoms in total. The zero-order chi connectivity index (χ0) is 14.5. The van der Waals surface area contributed by atoms with Gasteiger partial charge in [0.25, 0.3) is 5.91 Å². The average molecular weight is 295 g/mol. The lowest BCUT2D eigenvalue weighted by molar-refractivity contribution is 0.0896. The van der Waals surface area contributed by atoms with E-state index in [-0.39, 0.29) is 17.6 Å². The lowest BCUT2D eigenvalue weighted by Crippen LogP contribution is -2.35. The number of carbonyl (C=O) groups excluding carboxylic acids is 1. The molecule has 1 N–H and O–H groups in total. The number of rotatable bonds is 5. The number of nitrogens with zero attached hydrogens (tertiary/aromatic N) is 1. The Morgan fingerprint density at radius 1 is 1.45 bits per heavy atom. The molecular weight excluding hydrogens is 280 g/mol. The number of nitrogens with one attached hydrogen (secondary N) is 1. The Bertz CT molecular complexity index is 580. The molecule has 106 valence electrons. The van der Waals surface area contributed by atoms with E-state index >= 15 is 0 Å². The Hall–Kier alpha value is -1.85. The lowest BCUT2D eigenvalue weighted by Gasteiger charge is -2.10. The minimum atomic E-state index is -0.293. The smallest absolute Gasteiger partial charge is 0.273 e. The molecular formula is C14H15ClN2O3. The van der Waals surface area contributed by atoms with Gasteiger partial charge < -0.3 is 14.6 Å². The van der Waals surface area contributed by atoms with E-state index in [1.807, 2.05) is 6.92 Å². The van der Waals surface area contributed by atoms with Crippen molar-refractivity contribution in [3.05, 3.63) is 41.0 Å². The van der Waals surface area contributed by atoms with Crippen LogP contribution < -0.4 is 5.32 Å². The Morgan fingerprint density at radius 2 is 2.15 bits per heavy atom. The first-order valence-corrected chi connectivity index (χ1v) is 6.50. The molecule has 1 unspecified atom stereocenters. The summed E-state index contributed by atoms with van der Waals surface area (Å²) in [4.78, 5) is 11.9. The highest BCUT2D eigenvalue weighted by molar-refractivity contribution is 6.30. The van der Waals surface area contributed by atoms with E-state index in [0.717, 1.165) is 5.56 Å². The van der Waals surface area contributed by atoms with E-state index in [0.29, 0.717) is 17.4 Å². The number of hydrogen-bond donors (Lipinski definition) is 1. The molecule has 2 rings (SSSR count). The number of carbonyl (C=O) groups is 1. The number of halogens is 1. The van der Waals surface area contributed by atoms with E-state index < -0.39 is 0 Å². The zero-order valence-corrected chi connectivity index (χ0v) is 12.0. The number of ether oxygens (including phenoxy) is 1. The quantitative estimate of drug-likeness (QED) is 0.921. The Balaban J connectivity index is 2.08.